The second-order valence-electron chi connectivity index (χ2n) is 9.59. The highest BCUT2D eigenvalue weighted by Gasteiger charge is 2.31. The van der Waals surface area contributed by atoms with Crippen molar-refractivity contribution in [2.24, 2.45) is 12.0 Å². The molecule has 1 aliphatic heterocycles. The number of carbonyl (C=O) groups is 1. The van der Waals surface area contributed by atoms with Gasteiger partial charge in [-0.15, -0.1) is 5.10 Å². The van der Waals surface area contributed by atoms with E-state index in [0.29, 0.717) is 23.6 Å². The van der Waals surface area contributed by atoms with Crippen LogP contribution in [0, 0.1) is 13.8 Å². The number of aliphatic imine (C=N–C) groups is 1. The molecule has 0 bridgehead atoms. The predicted octanol–water partition coefficient (Wildman–Crippen LogP) is 5.31. The lowest BCUT2D eigenvalue weighted by molar-refractivity contribution is -0.137. The van der Waals surface area contributed by atoms with E-state index in [9.17, 15) is 18.0 Å². The van der Waals surface area contributed by atoms with Gasteiger partial charge in [0, 0.05) is 49.6 Å². The molecule has 1 amide bonds. The summed E-state index contributed by atoms with van der Waals surface area (Å²) in [5.41, 5.74) is 3.35. The third-order valence-electron chi connectivity index (χ3n) is 6.82. The van der Waals surface area contributed by atoms with Crippen molar-refractivity contribution in [3.05, 3.63) is 71.2 Å². The number of amides is 1. The summed E-state index contributed by atoms with van der Waals surface area (Å²) in [6.45, 7) is 4.59. The summed E-state index contributed by atoms with van der Waals surface area (Å²) >= 11 is 0. The van der Waals surface area contributed by atoms with Crippen molar-refractivity contribution in [2.75, 3.05) is 18.9 Å². The number of likely N-dealkylation sites (tertiary alicyclic amines) is 1. The highest BCUT2D eigenvalue weighted by molar-refractivity contribution is 6.05. The van der Waals surface area contributed by atoms with E-state index in [1.54, 1.807) is 40.0 Å². The number of alkyl halides is 3. The van der Waals surface area contributed by atoms with Crippen LogP contribution in [0.2, 0.25) is 0 Å². The van der Waals surface area contributed by atoms with E-state index in [1.165, 1.54) is 6.07 Å². The van der Waals surface area contributed by atoms with Gasteiger partial charge in [-0.25, -0.2) is 9.67 Å². The predicted molar refractivity (Wildman–Crippen MR) is 141 cm³/mol. The minimum absolute atomic E-state index is 0.00652. The van der Waals surface area contributed by atoms with Crippen LogP contribution in [0.25, 0.3) is 16.9 Å². The van der Waals surface area contributed by atoms with Gasteiger partial charge in [0.15, 0.2) is 0 Å². The zero-order valence-corrected chi connectivity index (χ0v) is 21.9. The smallest absolute Gasteiger partial charge is 0.363 e. The standard InChI is InChI=1S/C27H27F3N8O/c1-16-7-8-18(10-24(16)38-15-23(34-35-38)22-14-31-37(4)17(22)2)26(39)33-21-12-19(27(28,29)30)11-20(13-21)32-25-6-5-9-36(25)3/h7-8,10-15H,5-6,9H2,1-4H3,(H,33,39). The SMILES string of the molecule is Cc1ccc(C(=O)Nc2cc(N=C3CCCN3C)cc(C(F)(F)F)c2)cc1-n1cc(-c2cnn(C)c2C)nn1. The summed E-state index contributed by atoms with van der Waals surface area (Å²) in [7, 11) is 3.69. The van der Waals surface area contributed by atoms with E-state index in [1.807, 2.05) is 32.8 Å². The number of aryl methyl sites for hydroxylation is 2. The molecule has 202 valence electrons. The average Bonchev–Trinajstić information content (AvgIpc) is 3.60. The van der Waals surface area contributed by atoms with E-state index in [0.717, 1.165) is 41.9 Å². The third-order valence-corrected chi connectivity index (χ3v) is 6.82. The Morgan fingerprint density at radius 1 is 1.10 bits per heavy atom. The van der Waals surface area contributed by atoms with Crippen molar-refractivity contribution in [2.45, 2.75) is 32.9 Å². The number of rotatable bonds is 5. The minimum Gasteiger partial charge on any atom is -0.363 e. The summed E-state index contributed by atoms with van der Waals surface area (Å²) in [4.78, 5) is 19.5. The molecule has 3 heterocycles. The number of hydrogen-bond donors (Lipinski definition) is 1. The van der Waals surface area contributed by atoms with Crippen LogP contribution in [0.4, 0.5) is 24.5 Å². The zero-order chi connectivity index (χ0) is 27.9. The second-order valence-corrected chi connectivity index (χ2v) is 9.59. The molecule has 0 atom stereocenters. The van der Waals surface area contributed by atoms with Crippen LogP contribution in [0.5, 0.6) is 0 Å². The monoisotopic (exact) mass is 536 g/mol. The van der Waals surface area contributed by atoms with Crippen LogP contribution in [0.3, 0.4) is 0 Å². The maximum Gasteiger partial charge on any atom is 0.416 e. The van der Waals surface area contributed by atoms with E-state index >= 15 is 0 Å². The lowest BCUT2D eigenvalue weighted by Gasteiger charge is -2.14. The molecule has 0 radical (unpaired) electrons. The Bertz CT molecular complexity index is 1580. The Kier molecular flexibility index (Phi) is 6.71. The first-order valence-electron chi connectivity index (χ1n) is 12.3. The van der Waals surface area contributed by atoms with Crippen molar-refractivity contribution < 1.29 is 18.0 Å². The van der Waals surface area contributed by atoms with Crippen molar-refractivity contribution >= 4 is 23.1 Å². The molecule has 39 heavy (non-hydrogen) atoms. The summed E-state index contributed by atoms with van der Waals surface area (Å²) in [5.74, 6) is 0.152. The molecule has 0 aliphatic carbocycles. The van der Waals surface area contributed by atoms with Crippen LogP contribution in [0.1, 0.15) is 40.0 Å². The van der Waals surface area contributed by atoms with Gasteiger partial charge in [0.1, 0.15) is 11.5 Å². The number of amidine groups is 1. The van der Waals surface area contributed by atoms with Crippen LogP contribution < -0.4 is 5.32 Å². The summed E-state index contributed by atoms with van der Waals surface area (Å²) in [5, 5.41) is 15.3. The first kappa shape index (κ1) is 26.1. The molecule has 1 N–H and O–H groups in total. The number of nitrogens with one attached hydrogen (secondary N) is 1. The van der Waals surface area contributed by atoms with Gasteiger partial charge in [0.25, 0.3) is 5.91 Å². The van der Waals surface area contributed by atoms with Gasteiger partial charge in [0.05, 0.1) is 29.3 Å². The highest BCUT2D eigenvalue weighted by Crippen LogP contribution is 2.35. The Hall–Kier alpha value is -4.48. The van der Waals surface area contributed by atoms with Gasteiger partial charge in [-0.3, -0.25) is 9.48 Å². The molecule has 12 heteroatoms. The molecule has 1 aliphatic rings. The number of nitrogens with zero attached hydrogens (tertiary/aromatic N) is 7. The van der Waals surface area contributed by atoms with Crippen LogP contribution in [0.15, 0.2) is 53.8 Å². The molecule has 4 aromatic rings. The normalized spacial score (nSPS) is 14.8. The maximum atomic E-state index is 13.6. The van der Waals surface area contributed by atoms with Crippen molar-refractivity contribution in [3.8, 4) is 16.9 Å². The molecule has 5 rings (SSSR count). The number of hydrogen-bond acceptors (Lipinski definition) is 5. The topological polar surface area (TPSA) is 93.2 Å². The fourth-order valence-electron chi connectivity index (χ4n) is 4.45. The number of aromatic nitrogens is 5. The quantitative estimate of drug-likeness (QED) is 0.373. The van der Waals surface area contributed by atoms with E-state index in [2.05, 4.69) is 25.7 Å². The van der Waals surface area contributed by atoms with Gasteiger partial charge in [-0.1, -0.05) is 11.3 Å². The first-order valence-corrected chi connectivity index (χ1v) is 12.3. The zero-order valence-electron chi connectivity index (χ0n) is 21.9. The van der Waals surface area contributed by atoms with Crippen LogP contribution in [-0.4, -0.2) is 55.0 Å². The van der Waals surface area contributed by atoms with E-state index in [-0.39, 0.29) is 16.9 Å². The number of halogens is 3. The Morgan fingerprint density at radius 3 is 2.56 bits per heavy atom. The average molecular weight is 537 g/mol. The Labute approximate surface area is 223 Å². The summed E-state index contributed by atoms with van der Waals surface area (Å²) in [6.07, 6.45) is 0.436. The Morgan fingerprint density at radius 2 is 1.90 bits per heavy atom. The van der Waals surface area contributed by atoms with Crippen molar-refractivity contribution in [1.82, 2.24) is 29.7 Å². The molecule has 0 spiro atoms. The van der Waals surface area contributed by atoms with Crippen LogP contribution >= 0.6 is 0 Å². The molecule has 0 saturated carbocycles. The van der Waals surface area contributed by atoms with E-state index < -0.39 is 17.6 Å². The van der Waals surface area contributed by atoms with Gasteiger partial charge in [-0.2, -0.15) is 18.3 Å². The van der Waals surface area contributed by atoms with E-state index in [4.69, 9.17) is 0 Å². The largest absolute Gasteiger partial charge is 0.416 e. The van der Waals surface area contributed by atoms with Gasteiger partial charge in [0.2, 0.25) is 0 Å². The molecule has 2 aromatic heterocycles. The van der Waals surface area contributed by atoms with Crippen molar-refractivity contribution in [3.63, 3.8) is 0 Å². The molecule has 9 nitrogen and oxygen atoms in total. The fourth-order valence-corrected chi connectivity index (χ4v) is 4.45. The summed E-state index contributed by atoms with van der Waals surface area (Å²) < 4.78 is 44.2. The molecule has 2 aromatic carbocycles. The van der Waals surface area contributed by atoms with Gasteiger partial charge >= 0.3 is 6.18 Å². The highest BCUT2D eigenvalue weighted by atomic mass is 19.4. The number of anilines is 1. The lowest BCUT2D eigenvalue weighted by Crippen LogP contribution is -2.18. The maximum absolute atomic E-state index is 13.6. The first-order chi connectivity index (χ1) is 18.5. The lowest BCUT2D eigenvalue weighted by atomic mass is 10.1. The minimum atomic E-state index is -4.59. The van der Waals surface area contributed by atoms with Crippen molar-refractivity contribution in [1.29, 1.82) is 0 Å². The van der Waals surface area contributed by atoms with Crippen LogP contribution in [-0.2, 0) is 13.2 Å². The second kappa shape index (κ2) is 10.0. The molecular weight excluding hydrogens is 509 g/mol. The van der Waals surface area contributed by atoms with Gasteiger partial charge in [-0.05, 0) is 56.2 Å². The van der Waals surface area contributed by atoms with Gasteiger partial charge < -0.3 is 10.2 Å². The summed E-state index contributed by atoms with van der Waals surface area (Å²) in [6, 6.07) is 8.34. The molecule has 1 fully saturated rings. The molecule has 1 saturated heterocycles. The molecule has 0 unspecified atom stereocenters. The number of carbonyl (C=O) groups excluding carboxylic acids is 1. The third kappa shape index (κ3) is 5.40. The number of benzene rings is 2. The Balaban J connectivity index is 1.44. The fraction of sp³-hybridized carbons (Fsp3) is 0.296. The molecular formula is C27H27F3N8O.